The Balaban J connectivity index is 1.93. The van der Waals surface area contributed by atoms with Crippen LogP contribution in [0.15, 0.2) is 12.4 Å². The Morgan fingerprint density at radius 2 is 2.41 bits per heavy atom. The molecular weight excluding hydrogens is 222 g/mol. The molecule has 4 N–H and O–H groups in total. The van der Waals surface area contributed by atoms with Gasteiger partial charge in [0.25, 0.3) is 0 Å². The van der Waals surface area contributed by atoms with Gasteiger partial charge in [-0.15, -0.1) is 0 Å². The Hall–Kier alpha value is -2.05. The van der Waals surface area contributed by atoms with Crippen LogP contribution in [-0.4, -0.2) is 40.1 Å². The number of urea groups is 1. The maximum Gasteiger partial charge on any atom is 0.314 e. The molecule has 0 saturated carbocycles. The molecule has 2 rings (SSSR count). The number of hydrogen-bond donors (Lipinski definition) is 3. The molecule has 0 bridgehead atoms. The molecule has 0 radical (unpaired) electrons. The standard InChI is InChI=1S/C10H15N5O2/c11-10(17)15-3-1-2-7(6-15)9(16)14-8-4-12-13-5-8/h4-5,7H,1-3,6H2,(H2,11,17)(H,12,13)(H,14,16). The Kier molecular flexibility index (Phi) is 3.27. The van der Waals surface area contributed by atoms with Gasteiger partial charge >= 0.3 is 6.03 Å². The van der Waals surface area contributed by atoms with E-state index < -0.39 is 6.03 Å². The van der Waals surface area contributed by atoms with Gasteiger partial charge in [-0.2, -0.15) is 5.10 Å². The van der Waals surface area contributed by atoms with Crippen molar-refractivity contribution in [1.29, 1.82) is 0 Å². The Labute approximate surface area is 98.4 Å². The highest BCUT2D eigenvalue weighted by atomic mass is 16.2. The van der Waals surface area contributed by atoms with Crippen LogP contribution in [0.25, 0.3) is 0 Å². The summed E-state index contributed by atoms with van der Waals surface area (Å²) in [6, 6.07) is -0.467. The third-order valence-electron chi connectivity index (χ3n) is 2.87. The summed E-state index contributed by atoms with van der Waals surface area (Å²) in [5.74, 6) is -0.302. The number of carbonyl (C=O) groups excluding carboxylic acids is 2. The SMILES string of the molecule is NC(=O)N1CCCC(C(=O)Nc2cn[nH]c2)C1. The minimum atomic E-state index is -0.467. The van der Waals surface area contributed by atoms with Crippen LogP contribution in [0.4, 0.5) is 10.5 Å². The van der Waals surface area contributed by atoms with Gasteiger partial charge in [-0.1, -0.05) is 0 Å². The molecule has 7 heteroatoms. The van der Waals surface area contributed by atoms with E-state index in [9.17, 15) is 9.59 Å². The molecule has 1 aliphatic heterocycles. The zero-order valence-electron chi connectivity index (χ0n) is 9.35. The average Bonchev–Trinajstić information content (AvgIpc) is 2.82. The molecule has 0 aliphatic carbocycles. The summed E-state index contributed by atoms with van der Waals surface area (Å²) in [6.07, 6.45) is 4.71. The lowest BCUT2D eigenvalue weighted by Crippen LogP contribution is -2.46. The number of nitrogens with two attached hydrogens (primary N) is 1. The van der Waals surface area contributed by atoms with Crippen LogP contribution in [0.1, 0.15) is 12.8 Å². The molecule has 0 aromatic carbocycles. The maximum atomic E-state index is 11.9. The van der Waals surface area contributed by atoms with E-state index in [2.05, 4.69) is 15.5 Å². The first-order chi connectivity index (χ1) is 8.16. The zero-order chi connectivity index (χ0) is 12.3. The van der Waals surface area contributed by atoms with Crippen molar-refractivity contribution >= 4 is 17.6 Å². The highest BCUT2D eigenvalue weighted by molar-refractivity contribution is 5.92. The number of H-pyrrole nitrogens is 1. The van der Waals surface area contributed by atoms with Gasteiger partial charge < -0.3 is 16.0 Å². The van der Waals surface area contributed by atoms with Crippen molar-refractivity contribution in [3.8, 4) is 0 Å². The summed E-state index contributed by atoms with van der Waals surface area (Å²) >= 11 is 0. The first-order valence-corrected chi connectivity index (χ1v) is 5.51. The van der Waals surface area contributed by atoms with Crippen LogP contribution in [0.3, 0.4) is 0 Å². The molecule has 1 aromatic heterocycles. The number of rotatable bonds is 2. The van der Waals surface area contributed by atoms with Crippen LogP contribution >= 0.6 is 0 Å². The summed E-state index contributed by atoms with van der Waals surface area (Å²) in [4.78, 5) is 24.4. The largest absolute Gasteiger partial charge is 0.351 e. The number of nitrogens with zero attached hydrogens (tertiary/aromatic N) is 2. The molecule has 0 spiro atoms. The van der Waals surface area contributed by atoms with E-state index in [1.165, 1.54) is 11.1 Å². The molecular formula is C10H15N5O2. The quantitative estimate of drug-likeness (QED) is 0.681. The summed E-state index contributed by atoms with van der Waals surface area (Å²) in [5, 5.41) is 9.09. The van der Waals surface area contributed by atoms with Gasteiger partial charge in [-0.3, -0.25) is 9.89 Å². The number of primary amides is 1. The summed E-state index contributed by atoms with van der Waals surface area (Å²) in [6.45, 7) is 1.02. The number of amides is 3. The number of hydrogen-bond acceptors (Lipinski definition) is 3. The zero-order valence-corrected chi connectivity index (χ0v) is 9.35. The van der Waals surface area contributed by atoms with Crippen molar-refractivity contribution in [3.63, 3.8) is 0 Å². The van der Waals surface area contributed by atoms with Gasteiger partial charge in [-0.25, -0.2) is 4.79 Å². The monoisotopic (exact) mass is 237 g/mol. The number of piperidine rings is 1. The van der Waals surface area contributed by atoms with E-state index in [1.807, 2.05) is 0 Å². The fraction of sp³-hybridized carbons (Fsp3) is 0.500. The fourth-order valence-corrected chi connectivity index (χ4v) is 1.95. The van der Waals surface area contributed by atoms with E-state index in [0.29, 0.717) is 18.8 Å². The second kappa shape index (κ2) is 4.86. The first kappa shape index (κ1) is 11.4. The van der Waals surface area contributed by atoms with Gasteiger partial charge in [0.2, 0.25) is 5.91 Å². The summed E-state index contributed by atoms with van der Waals surface area (Å²) in [7, 11) is 0. The van der Waals surface area contributed by atoms with Crippen LogP contribution in [0, 0.1) is 5.92 Å². The third-order valence-corrected chi connectivity index (χ3v) is 2.87. The van der Waals surface area contributed by atoms with Crippen LogP contribution in [-0.2, 0) is 4.79 Å². The van der Waals surface area contributed by atoms with Gasteiger partial charge in [0.15, 0.2) is 0 Å². The maximum absolute atomic E-state index is 11.9. The number of nitrogens with one attached hydrogen (secondary N) is 2. The lowest BCUT2D eigenvalue weighted by molar-refractivity contribution is -0.121. The highest BCUT2D eigenvalue weighted by Gasteiger charge is 2.27. The molecule has 1 saturated heterocycles. The van der Waals surface area contributed by atoms with Crippen molar-refractivity contribution in [2.75, 3.05) is 18.4 Å². The van der Waals surface area contributed by atoms with Crippen molar-refractivity contribution in [2.24, 2.45) is 11.7 Å². The molecule has 17 heavy (non-hydrogen) atoms. The highest BCUT2D eigenvalue weighted by Crippen LogP contribution is 2.18. The Bertz CT molecular complexity index is 403. The molecule has 92 valence electrons. The van der Waals surface area contributed by atoms with Crippen molar-refractivity contribution in [1.82, 2.24) is 15.1 Å². The number of carbonyl (C=O) groups is 2. The van der Waals surface area contributed by atoms with Crippen LogP contribution in [0.2, 0.25) is 0 Å². The number of anilines is 1. The van der Waals surface area contributed by atoms with Crippen molar-refractivity contribution < 1.29 is 9.59 Å². The Morgan fingerprint density at radius 1 is 1.59 bits per heavy atom. The van der Waals surface area contributed by atoms with Crippen molar-refractivity contribution in [3.05, 3.63) is 12.4 Å². The lowest BCUT2D eigenvalue weighted by Gasteiger charge is -2.30. The van der Waals surface area contributed by atoms with Gasteiger partial charge in [-0.05, 0) is 12.8 Å². The van der Waals surface area contributed by atoms with E-state index in [0.717, 1.165) is 12.8 Å². The van der Waals surface area contributed by atoms with Crippen LogP contribution < -0.4 is 11.1 Å². The molecule has 1 unspecified atom stereocenters. The molecule has 1 atom stereocenters. The number of aromatic amines is 1. The van der Waals surface area contributed by atoms with E-state index in [1.54, 1.807) is 6.20 Å². The normalized spacial score (nSPS) is 20.0. The average molecular weight is 237 g/mol. The molecule has 2 heterocycles. The molecule has 1 fully saturated rings. The third kappa shape index (κ3) is 2.74. The molecule has 3 amide bonds. The minimum Gasteiger partial charge on any atom is -0.351 e. The van der Waals surface area contributed by atoms with Gasteiger partial charge in [0.05, 0.1) is 17.8 Å². The lowest BCUT2D eigenvalue weighted by atomic mass is 9.97. The van der Waals surface area contributed by atoms with Gasteiger partial charge in [0.1, 0.15) is 0 Å². The predicted molar refractivity (Wildman–Crippen MR) is 61.1 cm³/mol. The molecule has 1 aliphatic rings. The van der Waals surface area contributed by atoms with E-state index in [-0.39, 0.29) is 11.8 Å². The summed E-state index contributed by atoms with van der Waals surface area (Å²) in [5.41, 5.74) is 5.84. The molecule has 7 nitrogen and oxygen atoms in total. The second-order valence-corrected chi connectivity index (χ2v) is 4.10. The minimum absolute atomic E-state index is 0.0997. The van der Waals surface area contributed by atoms with Gasteiger partial charge in [0, 0.05) is 19.3 Å². The summed E-state index contributed by atoms with van der Waals surface area (Å²) < 4.78 is 0. The number of likely N-dealkylation sites (tertiary alicyclic amines) is 1. The van der Waals surface area contributed by atoms with E-state index >= 15 is 0 Å². The van der Waals surface area contributed by atoms with Crippen molar-refractivity contribution in [2.45, 2.75) is 12.8 Å². The molecule has 1 aromatic rings. The number of aromatic nitrogens is 2. The van der Waals surface area contributed by atoms with E-state index in [4.69, 9.17) is 5.73 Å². The smallest absolute Gasteiger partial charge is 0.314 e. The predicted octanol–water partition coefficient (Wildman–Crippen LogP) is 0.139. The van der Waals surface area contributed by atoms with Crippen LogP contribution in [0.5, 0.6) is 0 Å². The Morgan fingerprint density at radius 3 is 3.06 bits per heavy atom. The topological polar surface area (TPSA) is 104 Å². The first-order valence-electron chi connectivity index (χ1n) is 5.51. The second-order valence-electron chi connectivity index (χ2n) is 4.10. The fourth-order valence-electron chi connectivity index (χ4n) is 1.95.